The van der Waals surface area contributed by atoms with Crippen molar-refractivity contribution in [2.45, 2.75) is 6.54 Å². The molecule has 28 heavy (non-hydrogen) atoms. The van der Waals surface area contributed by atoms with Crippen molar-refractivity contribution >= 4 is 12.0 Å². The van der Waals surface area contributed by atoms with Crippen molar-refractivity contribution < 1.29 is 0 Å². The second-order valence-electron chi connectivity index (χ2n) is 6.81. The highest BCUT2D eigenvalue weighted by Gasteiger charge is 2.18. The lowest BCUT2D eigenvalue weighted by Gasteiger charge is -2.36. The minimum Gasteiger partial charge on any atom is -0.352 e. The molecule has 1 saturated heterocycles. The molecule has 0 radical (unpaired) electrons. The van der Waals surface area contributed by atoms with E-state index in [-0.39, 0.29) is 0 Å². The van der Waals surface area contributed by atoms with Gasteiger partial charge in [-0.1, -0.05) is 54.6 Å². The Morgan fingerprint density at radius 2 is 1.79 bits per heavy atom. The molecule has 0 atom stereocenters. The van der Waals surface area contributed by atoms with Crippen molar-refractivity contribution in [2.75, 3.05) is 39.8 Å². The van der Waals surface area contributed by atoms with E-state index >= 15 is 0 Å². The predicted molar refractivity (Wildman–Crippen MR) is 115 cm³/mol. The molecule has 144 valence electrons. The first-order valence-electron chi connectivity index (χ1n) is 9.67. The van der Waals surface area contributed by atoms with Crippen LogP contribution in [0.25, 0.3) is 6.08 Å². The summed E-state index contributed by atoms with van der Waals surface area (Å²) in [5, 5.41) is 12.3. The highest BCUT2D eigenvalue weighted by molar-refractivity contribution is 5.80. The Morgan fingerprint density at radius 1 is 1.07 bits per heavy atom. The zero-order valence-electron chi connectivity index (χ0n) is 16.4. The monoisotopic (exact) mass is 373 g/mol. The molecule has 2 aromatic carbocycles. The van der Waals surface area contributed by atoms with Gasteiger partial charge in [0, 0.05) is 46.3 Å². The van der Waals surface area contributed by atoms with E-state index in [9.17, 15) is 0 Å². The summed E-state index contributed by atoms with van der Waals surface area (Å²) in [5.74, 6) is 0.934. The Labute approximate surface area is 167 Å². The number of hydrogen-bond acceptors (Lipinski definition) is 3. The van der Waals surface area contributed by atoms with E-state index in [0.29, 0.717) is 12.1 Å². The van der Waals surface area contributed by atoms with Crippen molar-refractivity contribution in [3.63, 3.8) is 0 Å². The van der Waals surface area contributed by atoms with Gasteiger partial charge in [0.25, 0.3) is 0 Å². The molecule has 1 heterocycles. The maximum absolute atomic E-state index is 8.89. The summed E-state index contributed by atoms with van der Waals surface area (Å²) in [6.07, 6.45) is 4.42. The smallest absolute Gasteiger partial charge is 0.194 e. The fourth-order valence-corrected chi connectivity index (χ4v) is 3.25. The van der Waals surface area contributed by atoms with E-state index in [1.54, 1.807) is 0 Å². The lowest BCUT2D eigenvalue weighted by Crippen LogP contribution is -2.52. The van der Waals surface area contributed by atoms with Crippen LogP contribution in [-0.4, -0.2) is 55.5 Å². The van der Waals surface area contributed by atoms with Crippen molar-refractivity contribution in [2.24, 2.45) is 4.99 Å². The Bertz CT molecular complexity index is 826. The third kappa shape index (κ3) is 5.70. The van der Waals surface area contributed by atoms with Crippen LogP contribution < -0.4 is 5.32 Å². The van der Waals surface area contributed by atoms with Gasteiger partial charge in [-0.2, -0.15) is 5.26 Å². The normalized spacial score (nSPS) is 15.6. The third-order valence-corrected chi connectivity index (χ3v) is 4.89. The summed E-state index contributed by atoms with van der Waals surface area (Å²) in [7, 11) is 1.83. The first-order valence-corrected chi connectivity index (χ1v) is 9.67. The zero-order valence-corrected chi connectivity index (χ0v) is 16.4. The lowest BCUT2D eigenvalue weighted by molar-refractivity contribution is 0.194. The number of aliphatic imine (C=N–C) groups is 1. The molecule has 2 aromatic rings. The molecule has 0 amide bonds. The topological polar surface area (TPSA) is 54.7 Å². The van der Waals surface area contributed by atoms with Crippen molar-refractivity contribution in [3.05, 3.63) is 77.4 Å². The molecule has 0 aromatic heterocycles. The average Bonchev–Trinajstić information content (AvgIpc) is 2.76. The number of guanidine groups is 1. The van der Waals surface area contributed by atoms with Gasteiger partial charge in [0.2, 0.25) is 0 Å². The maximum atomic E-state index is 8.89. The molecule has 5 heteroatoms. The van der Waals surface area contributed by atoms with Crippen LogP contribution in [0.15, 0.2) is 65.7 Å². The summed E-state index contributed by atoms with van der Waals surface area (Å²) in [4.78, 5) is 9.20. The number of nitriles is 1. The number of hydrogen-bond donors (Lipinski definition) is 1. The van der Waals surface area contributed by atoms with Crippen LogP contribution in [0.5, 0.6) is 0 Å². The molecule has 0 unspecified atom stereocenters. The fourth-order valence-electron chi connectivity index (χ4n) is 3.25. The lowest BCUT2D eigenvalue weighted by atomic mass is 10.1. The van der Waals surface area contributed by atoms with Gasteiger partial charge >= 0.3 is 0 Å². The van der Waals surface area contributed by atoms with Gasteiger partial charge in [0.1, 0.15) is 0 Å². The van der Waals surface area contributed by atoms with E-state index in [1.165, 1.54) is 5.56 Å². The molecule has 0 aliphatic carbocycles. The Morgan fingerprint density at radius 3 is 2.43 bits per heavy atom. The Hall–Kier alpha value is -3.10. The first kappa shape index (κ1) is 19.7. The molecule has 1 aliphatic rings. The predicted octanol–water partition coefficient (Wildman–Crippen LogP) is 2.96. The van der Waals surface area contributed by atoms with Gasteiger partial charge in [-0.3, -0.25) is 9.89 Å². The number of nitrogens with one attached hydrogen (secondary N) is 1. The van der Waals surface area contributed by atoms with Crippen LogP contribution in [0, 0.1) is 11.3 Å². The highest BCUT2D eigenvalue weighted by Crippen LogP contribution is 2.06. The van der Waals surface area contributed by atoms with Gasteiger partial charge < -0.3 is 10.2 Å². The maximum Gasteiger partial charge on any atom is 0.194 e. The van der Waals surface area contributed by atoms with E-state index in [2.05, 4.69) is 62.6 Å². The van der Waals surface area contributed by atoms with Gasteiger partial charge in [0.05, 0.1) is 11.6 Å². The third-order valence-electron chi connectivity index (χ3n) is 4.89. The van der Waals surface area contributed by atoms with E-state index in [1.807, 2.05) is 37.4 Å². The quantitative estimate of drug-likeness (QED) is 0.647. The van der Waals surface area contributed by atoms with E-state index in [4.69, 9.17) is 5.26 Å². The SMILES string of the molecule is CN=C(NCc1ccc(C#N)cc1)N1CCN(C/C=C/c2ccccc2)CC1. The number of benzene rings is 2. The first-order chi connectivity index (χ1) is 13.8. The Balaban J connectivity index is 1.43. The standard InChI is InChI=1S/C23H27N5/c1-25-23(26-19-22-11-9-21(18-24)10-12-22)28-16-14-27(15-17-28)13-5-8-20-6-3-2-4-7-20/h2-12H,13-17,19H2,1H3,(H,25,26)/b8-5+. The van der Waals surface area contributed by atoms with Gasteiger partial charge in [-0.05, 0) is 23.3 Å². The second kappa shape index (κ2) is 10.3. The van der Waals surface area contributed by atoms with Gasteiger partial charge in [0.15, 0.2) is 5.96 Å². The minimum atomic E-state index is 0.686. The molecule has 1 fully saturated rings. The van der Waals surface area contributed by atoms with Crippen LogP contribution in [0.1, 0.15) is 16.7 Å². The van der Waals surface area contributed by atoms with Crippen molar-refractivity contribution in [3.8, 4) is 6.07 Å². The fraction of sp³-hybridized carbons (Fsp3) is 0.304. The molecular weight excluding hydrogens is 346 g/mol. The summed E-state index contributed by atoms with van der Waals surface area (Å²) in [5.41, 5.74) is 3.07. The van der Waals surface area contributed by atoms with Crippen LogP contribution in [0.4, 0.5) is 0 Å². The number of rotatable bonds is 5. The van der Waals surface area contributed by atoms with E-state index < -0.39 is 0 Å². The van der Waals surface area contributed by atoms with E-state index in [0.717, 1.165) is 44.2 Å². The summed E-state index contributed by atoms with van der Waals surface area (Å²) >= 11 is 0. The molecule has 1 aliphatic heterocycles. The zero-order chi connectivity index (χ0) is 19.6. The van der Waals surface area contributed by atoms with Crippen LogP contribution in [0.2, 0.25) is 0 Å². The highest BCUT2D eigenvalue weighted by atomic mass is 15.3. The Kier molecular flexibility index (Phi) is 7.22. The van der Waals surface area contributed by atoms with Crippen molar-refractivity contribution in [1.29, 1.82) is 5.26 Å². The van der Waals surface area contributed by atoms with Crippen LogP contribution in [-0.2, 0) is 6.54 Å². The molecule has 0 spiro atoms. The molecule has 3 rings (SSSR count). The van der Waals surface area contributed by atoms with Gasteiger partial charge in [-0.25, -0.2) is 0 Å². The second-order valence-corrected chi connectivity index (χ2v) is 6.81. The average molecular weight is 374 g/mol. The minimum absolute atomic E-state index is 0.686. The van der Waals surface area contributed by atoms with Crippen LogP contribution in [0.3, 0.4) is 0 Å². The summed E-state index contributed by atoms with van der Waals surface area (Å²) < 4.78 is 0. The molecular formula is C23H27N5. The van der Waals surface area contributed by atoms with Crippen LogP contribution >= 0.6 is 0 Å². The van der Waals surface area contributed by atoms with Gasteiger partial charge in [-0.15, -0.1) is 0 Å². The molecule has 1 N–H and O–H groups in total. The largest absolute Gasteiger partial charge is 0.352 e. The summed E-state index contributed by atoms with van der Waals surface area (Å²) in [6, 6.07) is 20.2. The number of piperazine rings is 1. The molecule has 0 bridgehead atoms. The van der Waals surface area contributed by atoms with Crippen molar-refractivity contribution in [1.82, 2.24) is 15.1 Å². The summed E-state index contributed by atoms with van der Waals surface area (Å²) in [6.45, 7) is 5.66. The molecule has 0 saturated carbocycles. The number of nitrogens with zero attached hydrogens (tertiary/aromatic N) is 4. The molecule has 5 nitrogen and oxygen atoms in total.